The monoisotopic (exact) mass is 276 g/mol. The normalized spacial score (nSPS) is 12.5. The maximum atomic E-state index is 13.7. The molecule has 0 bridgehead atoms. The van der Waals surface area contributed by atoms with E-state index in [1.54, 1.807) is 13.8 Å². The van der Waals surface area contributed by atoms with E-state index in [4.69, 9.17) is 11.6 Å². The van der Waals surface area contributed by atoms with Crippen LogP contribution >= 0.6 is 11.6 Å². The van der Waals surface area contributed by atoms with E-state index < -0.39 is 0 Å². The summed E-state index contributed by atoms with van der Waals surface area (Å²) >= 11 is 6.58. The second kappa shape index (κ2) is 5.34. The van der Waals surface area contributed by atoms with Crippen molar-refractivity contribution in [3.8, 4) is 0 Å². The highest BCUT2D eigenvalue weighted by atomic mass is 35.5. The van der Waals surface area contributed by atoms with Crippen LogP contribution in [0.25, 0.3) is 0 Å². The summed E-state index contributed by atoms with van der Waals surface area (Å²) in [5.74, 6) is -0.145. The minimum atomic E-state index is -0.238. The lowest BCUT2D eigenvalue weighted by Gasteiger charge is -2.16. The van der Waals surface area contributed by atoms with Gasteiger partial charge in [-0.25, -0.2) is 4.39 Å². The molecule has 0 aliphatic rings. The van der Waals surface area contributed by atoms with Gasteiger partial charge in [-0.1, -0.05) is 30.3 Å². The van der Waals surface area contributed by atoms with Crippen LogP contribution in [0.4, 0.5) is 4.39 Å². The Kier molecular flexibility index (Phi) is 3.96. The Hall–Kier alpha value is -1.34. The fourth-order valence-corrected chi connectivity index (χ4v) is 2.72. The smallest absolute Gasteiger partial charge is 0.129 e. The van der Waals surface area contributed by atoms with Gasteiger partial charge in [-0.15, -0.1) is 11.6 Å². The lowest BCUT2D eigenvalue weighted by Crippen LogP contribution is -2.00. The summed E-state index contributed by atoms with van der Waals surface area (Å²) in [6, 6.07) is 9.79. The van der Waals surface area contributed by atoms with Crippen LogP contribution in [0, 0.1) is 33.5 Å². The third kappa shape index (κ3) is 2.66. The Morgan fingerprint density at radius 2 is 1.53 bits per heavy atom. The topological polar surface area (TPSA) is 0 Å². The molecule has 0 spiro atoms. The zero-order valence-corrected chi connectivity index (χ0v) is 12.5. The van der Waals surface area contributed by atoms with E-state index in [-0.39, 0.29) is 11.2 Å². The molecule has 0 aromatic heterocycles. The molecule has 0 saturated heterocycles. The van der Waals surface area contributed by atoms with Gasteiger partial charge in [-0.2, -0.15) is 0 Å². The van der Waals surface area contributed by atoms with Crippen LogP contribution in [0.3, 0.4) is 0 Å². The van der Waals surface area contributed by atoms with E-state index in [9.17, 15) is 4.39 Å². The molecule has 0 N–H and O–H groups in total. The fourth-order valence-electron chi connectivity index (χ4n) is 2.35. The van der Waals surface area contributed by atoms with E-state index >= 15 is 0 Å². The van der Waals surface area contributed by atoms with Crippen LogP contribution < -0.4 is 0 Å². The molecule has 2 rings (SSSR count). The minimum absolute atomic E-state index is 0.145. The van der Waals surface area contributed by atoms with Gasteiger partial charge in [-0.05, 0) is 61.1 Å². The Balaban J connectivity index is 2.50. The average Bonchev–Trinajstić information content (AvgIpc) is 2.38. The van der Waals surface area contributed by atoms with Crippen molar-refractivity contribution in [1.29, 1.82) is 0 Å². The van der Waals surface area contributed by atoms with Crippen molar-refractivity contribution in [2.75, 3.05) is 0 Å². The van der Waals surface area contributed by atoms with Crippen LogP contribution in [-0.4, -0.2) is 0 Å². The molecule has 0 radical (unpaired) electrons. The molecular formula is C17H18ClF. The molecule has 0 heterocycles. The molecule has 2 heteroatoms. The van der Waals surface area contributed by atoms with Crippen molar-refractivity contribution in [1.82, 2.24) is 0 Å². The van der Waals surface area contributed by atoms with Gasteiger partial charge in [0.05, 0.1) is 5.38 Å². The fraction of sp³-hybridized carbons (Fsp3) is 0.294. The zero-order chi connectivity index (χ0) is 14.2. The van der Waals surface area contributed by atoms with Crippen molar-refractivity contribution >= 4 is 11.6 Å². The first-order valence-corrected chi connectivity index (χ1v) is 6.82. The highest BCUT2D eigenvalue weighted by Gasteiger charge is 2.16. The molecule has 0 amide bonds. The molecule has 0 aliphatic carbocycles. The summed E-state index contributed by atoms with van der Waals surface area (Å²) in [5.41, 5.74) is 5.75. The number of alkyl halides is 1. The van der Waals surface area contributed by atoms with Gasteiger partial charge in [-0.3, -0.25) is 0 Å². The predicted octanol–water partition coefficient (Wildman–Crippen LogP) is 5.39. The van der Waals surface area contributed by atoms with Crippen molar-refractivity contribution < 1.29 is 4.39 Å². The average molecular weight is 277 g/mol. The van der Waals surface area contributed by atoms with Gasteiger partial charge in [0, 0.05) is 0 Å². The Morgan fingerprint density at radius 1 is 0.947 bits per heavy atom. The van der Waals surface area contributed by atoms with Crippen LogP contribution in [0.5, 0.6) is 0 Å². The lowest BCUT2D eigenvalue weighted by atomic mass is 9.95. The van der Waals surface area contributed by atoms with E-state index in [1.165, 1.54) is 11.1 Å². The Labute approximate surface area is 119 Å². The van der Waals surface area contributed by atoms with Gasteiger partial charge < -0.3 is 0 Å². The summed E-state index contributed by atoms with van der Waals surface area (Å²) < 4.78 is 13.7. The van der Waals surface area contributed by atoms with Gasteiger partial charge in [0.15, 0.2) is 0 Å². The lowest BCUT2D eigenvalue weighted by molar-refractivity contribution is 0.608. The van der Waals surface area contributed by atoms with Gasteiger partial charge in [0.25, 0.3) is 0 Å². The molecule has 2 aromatic carbocycles. The molecule has 19 heavy (non-hydrogen) atoms. The molecule has 1 unspecified atom stereocenters. The number of halogens is 2. The first-order chi connectivity index (χ1) is 8.91. The number of rotatable bonds is 2. The summed E-state index contributed by atoms with van der Waals surface area (Å²) in [6.07, 6.45) is 0. The summed E-state index contributed by atoms with van der Waals surface area (Å²) in [5, 5.41) is -0.238. The van der Waals surface area contributed by atoms with E-state index in [1.807, 2.05) is 24.3 Å². The minimum Gasteiger partial charge on any atom is -0.206 e. The predicted molar refractivity (Wildman–Crippen MR) is 79.5 cm³/mol. The van der Waals surface area contributed by atoms with Crippen molar-refractivity contribution in [3.05, 3.63) is 69.5 Å². The van der Waals surface area contributed by atoms with E-state index in [0.29, 0.717) is 11.1 Å². The van der Waals surface area contributed by atoms with E-state index in [2.05, 4.69) is 19.9 Å². The SMILES string of the molecule is Cc1cccc(C(Cl)c2cc(C)c(F)c(C)c2)c1C. The van der Waals surface area contributed by atoms with Crippen molar-refractivity contribution in [2.45, 2.75) is 33.1 Å². The van der Waals surface area contributed by atoms with E-state index in [0.717, 1.165) is 11.1 Å². The summed E-state index contributed by atoms with van der Waals surface area (Å²) in [4.78, 5) is 0. The van der Waals surface area contributed by atoms with Crippen molar-refractivity contribution in [3.63, 3.8) is 0 Å². The second-order valence-electron chi connectivity index (χ2n) is 5.12. The van der Waals surface area contributed by atoms with Crippen LogP contribution in [0.1, 0.15) is 38.8 Å². The molecule has 0 fully saturated rings. The second-order valence-corrected chi connectivity index (χ2v) is 5.56. The van der Waals surface area contributed by atoms with Gasteiger partial charge >= 0.3 is 0 Å². The highest BCUT2D eigenvalue weighted by Crippen LogP contribution is 2.33. The number of hydrogen-bond acceptors (Lipinski definition) is 0. The first-order valence-electron chi connectivity index (χ1n) is 6.38. The maximum absolute atomic E-state index is 13.7. The number of aryl methyl sites for hydroxylation is 3. The molecule has 1 atom stereocenters. The first kappa shape index (κ1) is 14.1. The van der Waals surface area contributed by atoms with Gasteiger partial charge in [0.1, 0.15) is 5.82 Å². The molecule has 100 valence electrons. The Morgan fingerprint density at radius 3 is 2.11 bits per heavy atom. The van der Waals surface area contributed by atoms with Crippen LogP contribution in [-0.2, 0) is 0 Å². The maximum Gasteiger partial charge on any atom is 0.129 e. The zero-order valence-electron chi connectivity index (χ0n) is 11.7. The number of benzene rings is 2. The quantitative estimate of drug-likeness (QED) is 0.645. The number of hydrogen-bond donors (Lipinski definition) is 0. The Bertz CT molecular complexity index is 594. The molecule has 0 nitrogen and oxygen atoms in total. The van der Waals surface area contributed by atoms with Gasteiger partial charge in [0.2, 0.25) is 0 Å². The molecule has 0 saturated carbocycles. The molecule has 0 aliphatic heterocycles. The standard InChI is InChI=1S/C17H18ClF/c1-10-6-5-7-15(13(10)4)16(18)14-8-11(2)17(19)12(3)9-14/h5-9,16H,1-4H3. The third-order valence-corrected chi connectivity index (χ3v) is 4.16. The highest BCUT2D eigenvalue weighted by molar-refractivity contribution is 6.22. The summed E-state index contributed by atoms with van der Waals surface area (Å²) in [7, 11) is 0. The summed E-state index contributed by atoms with van der Waals surface area (Å²) in [6.45, 7) is 7.70. The third-order valence-electron chi connectivity index (χ3n) is 3.67. The van der Waals surface area contributed by atoms with Crippen LogP contribution in [0.2, 0.25) is 0 Å². The largest absolute Gasteiger partial charge is 0.206 e. The molecular weight excluding hydrogens is 259 g/mol. The van der Waals surface area contributed by atoms with Crippen molar-refractivity contribution in [2.24, 2.45) is 0 Å². The van der Waals surface area contributed by atoms with Crippen LogP contribution in [0.15, 0.2) is 30.3 Å². The molecule has 2 aromatic rings.